The van der Waals surface area contributed by atoms with Crippen LogP contribution in [-0.2, 0) is 30.5 Å². The molecular formula is C33H34BrN3O7. The summed E-state index contributed by atoms with van der Waals surface area (Å²) in [5.74, 6) is -2.89. The van der Waals surface area contributed by atoms with Gasteiger partial charge in [-0.3, -0.25) is 14.4 Å². The summed E-state index contributed by atoms with van der Waals surface area (Å²) in [4.78, 5) is 53.1. The zero-order valence-electron chi connectivity index (χ0n) is 24.6. The highest BCUT2D eigenvalue weighted by atomic mass is 79.9. The van der Waals surface area contributed by atoms with E-state index in [0.717, 1.165) is 33.4 Å². The van der Waals surface area contributed by atoms with Gasteiger partial charge in [-0.2, -0.15) is 0 Å². The number of ether oxygens (including phenoxy) is 2. The van der Waals surface area contributed by atoms with Gasteiger partial charge in [0.1, 0.15) is 6.61 Å². The monoisotopic (exact) mass is 663 g/mol. The zero-order chi connectivity index (χ0) is 32.0. The van der Waals surface area contributed by atoms with Crippen molar-refractivity contribution in [1.29, 1.82) is 0 Å². The minimum absolute atomic E-state index is 0.0329. The van der Waals surface area contributed by atoms with Gasteiger partial charge < -0.3 is 30.2 Å². The summed E-state index contributed by atoms with van der Waals surface area (Å²) in [6.07, 6.45) is 0.775. The molecule has 1 fully saturated rings. The number of carboxylic acids is 1. The van der Waals surface area contributed by atoms with Crippen LogP contribution in [0.1, 0.15) is 48.2 Å². The van der Waals surface area contributed by atoms with E-state index in [-0.39, 0.29) is 19.1 Å². The van der Waals surface area contributed by atoms with Crippen LogP contribution in [0.3, 0.4) is 0 Å². The van der Waals surface area contributed by atoms with Crippen molar-refractivity contribution in [1.82, 2.24) is 4.98 Å². The molecule has 0 radical (unpaired) electrons. The lowest BCUT2D eigenvalue weighted by Gasteiger charge is -2.25. The number of hydrogen-bond donors (Lipinski definition) is 3. The molecular weight excluding hydrogens is 630 g/mol. The average Bonchev–Trinajstić information content (AvgIpc) is 3.50. The molecule has 0 bridgehead atoms. The maximum absolute atomic E-state index is 13.5. The molecule has 3 aromatic carbocycles. The van der Waals surface area contributed by atoms with Crippen LogP contribution in [0.2, 0.25) is 0 Å². The molecule has 44 heavy (non-hydrogen) atoms. The average molecular weight is 665 g/mol. The molecule has 1 aliphatic rings. The van der Waals surface area contributed by atoms with E-state index in [1.165, 1.54) is 0 Å². The highest BCUT2D eigenvalue weighted by molar-refractivity contribution is 9.10. The number of aromatic nitrogens is 1. The molecule has 0 spiro atoms. The number of H-pyrrole nitrogens is 1. The van der Waals surface area contributed by atoms with E-state index < -0.39 is 35.3 Å². The Bertz CT molecular complexity index is 1650. The molecule has 2 atom stereocenters. The summed E-state index contributed by atoms with van der Waals surface area (Å²) in [7, 11) is 0. The summed E-state index contributed by atoms with van der Waals surface area (Å²) >= 11 is 3.47. The normalized spacial score (nSPS) is 16.2. The Morgan fingerprint density at radius 1 is 1.09 bits per heavy atom. The van der Waals surface area contributed by atoms with Gasteiger partial charge in [0.25, 0.3) is 11.9 Å². The molecule has 0 saturated carbocycles. The fourth-order valence-electron chi connectivity index (χ4n) is 5.01. The van der Waals surface area contributed by atoms with Crippen LogP contribution in [0.5, 0.6) is 0 Å². The van der Waals surface area contributed by atoms with Crippen molar-refractivity contribution >= 4 is 56.3 Å². The third-order valence-electron chi connectivity index (χ3n) is 7.20. The van der Waals surface area contributed by atoms with Crippen LogP contribution in [0.15, 0.2) is 83.5 Å². The standard InChI is InChI=1S/C31H30BrN3O5.C2H4O2/c1-31(2)18-35(22-11-8-20(9-12-22)29(37)39-17-19-6-4-3-5-7-19)28(36)27(31)40-30(38)24(15-33)25-16-34-26-13-10-21(32)14-23(25)26;1-2(3)4/h3-14,16,24,27,34H,15,17-18,33H2,1-2H3;1H3,(H,3,4)/t24-,27+;/m1./s1. The Morgan fingerprint density at radius 2 is 1.75 bits per heavy atom. The second kappa shape index (κ2) is 13.9. The number of amides is 1. The van der Waals surface area contributed by atoms with Crippen LogP contribution in [-0.4, -0.2) is 53.1 Å². The molecule has 1 amide bonds. The predicted molar refractivity (Wildman–Crippen MR) is 169 cm³/mol. The number of fused-ring (bicyclic) bond motifs is 1. The van der Waals surface area contributed by atoms with E-state index >= 15 is 0 Å². The van der Waals surface area contributed by atoms with Crippen molar-refractivity contribution in [2.75, 3.05) is 18.0 Å². The topological polar surface area (TPSA) is 152 Å². The minimum atomic E-state index is -0.985. The minimum Gasteiger partial charge on any atom is -0.481 e. The molecule has 5 rings (SSSR count). The first-order chi connectivity index (χ1) is 20.9. The van der Waals surface area contributed by atoms with E-state index in [9.17, 15) is 14.4 Å². The second-order valence-electron chi connectivity index (χ2n) is 11.1. The molecule has 0 unspecified atom stereocenters. The van der Waals surface area contributed by atoms with Crippen LogP contribution in [0, 0.1) is 5.41 Å². The summed E-state index contributed by atoms with van der Waals surface area (Å²) in [5, 5.41) is 8.28. The SMILES string of the molecule is CC(=O)O.CC1(C)CN(c2ccc(C(=O)OCc3ccccc3)cc2)C(=O)[C@@H]1OC(=O)[C@H](CN)c1c[nH]c2ccc(Br)cc12. The van der Waals surface area contributed by atoms with Crippen molar-refractivity contribution in [2.45, 2.75) is 39.4 Å². The lowest BCUT2D eigenvalue weighted by atomic mass is 9.89. The second-order valence-corrected chi connectivity index (χ2v) is 12.0. The predicted octanol–water partition coefficient (Wildman–Crippen LogP) is 5.41. The molecule has 1 aromatic heterocycles. The van der Waals surface area contributed by atoms with Gasteiger partial charge in [0.05, 0.1) is 11.5 Å². The molecule has 2 heterocycles. The quantitative estimate of drug-likeness (QED) is 0.212. The number of nitrogens with one attached hydrogen (secondary N) is 1. The maximum Gasteiger partial charge on any atom is 0.338 e. The van der Waals surface area contributed by atoms with E-state index in [2.05, 4.69) is 20.9 Å². The van der Waals surface area contributed by atoms with Gasteiger partial charge in [-0.05, 0) is 53.6 Å². The van der Waals surface area contributed by atoms with Gasteiger partial charge in [-0.15, -0.1) is 0 Å². The van der Waals surface area contributed by atoms with Crippen molar-refractivity contribution < 1.29 is 33.8 Å². The number of halogens is 1. The number of aliphatic carboxylic acids is 1. The molecule has 11 heteroatoms. The highest BCUT2D eigenvalue weighted by Gasteiger charge is 2.50. The number of carbonyl (C=O) groups excluding carboxylic acids is 3. The number of carbonyl (C=O) groups is 4. The number of nitrogens with two attached hydrogens (primary N) is 1. The fourth-order valence-corrected chi connectivity index (χ4v) is 5.37. The van der Waals surface area contributed by atoms with E-state index in [4.69, 9.17) is 25.1 Å². The molecule has 4 N–H and O–H groups in total. The highest BCUT2D eigenvalue weighted by Crippen LogP contribution is 2.38. The van der Waals surface area contributed by atoms with Crippen LogP contribution < -0.4 is 10.6 Å². The first-order valence-electron chi connectivity index (χ1n) is 13.9. The van der Waals surface area contributed by atoms with E-state index in [1.807, 2.05) is 62.4 Å². The fraction of sp³-hybridized carbons (Fsp3) is 0.273. The Labute approximate surface area is 263 Å². The summed E-state index contributed by atoms with van der Waals surface area (Å²) in [6.45, 7) is 5.41. The van der Waals surface area contributed by atoms with Crippen molar-refractivity contribution in [3.63, 3.8) is 0 Å². The Kier molecular flexibility index (Phi) is 10.2. The Balaban J connectivity index is 0.00000104. The number of benzene rings is 3. The molecule has 4 aromatic rings. The van der Waals surface area contributed by atoms with Gasteiger partial charge >= 0.3 is 11.9 Å². The van der Waals surface area contributed by atoms with Crippen molar-refractivity contribution in [2.24, 2.45) is 11.1 Å². The first-order valence-corrected chi connectivity index (χ1v) is 14.7. The molecule has 1 saturated heterocycles. The third kappa shape index (κ3) is 7.53. The van der Waals surface area contributed by atoms with Crippen LogP contribution in [0.25, 0.3) is 10.9 Å². The van der Waals surface area contributed by atoms with Gasteiger partial charge in [-0.25, -0.2) is 4.79 Å². The number of esters is 2. The lowest BCUT2D eigenvalue weighted by Crippen LogP contribution is -2.38. The summed E-state index contributed by atoms with van der Waals surface area (Å²) in [6, 6.07) is 21.8. The van der Waals surface area contributed by atoms with Gasteiger partial charge in [0.15, 0.2) is 6.10 Å². The van der Waals surface area contributed by atoms with Crippen LogP contribution in [0.4, 0.5) is 5.69 Å². The van der Waals surface area contributed by atoms with Crippen LogP contribution >= 0.6 is 15.9 Å². The molecule has 1 aliphatic heterocycles. The lowest BCUT2D eigenvalue weighted by molar-refractivity contribution is -0.159. The van der Waals surface area contributed by atoms with E-state index in [0.29, 0.717) is 17.8 Å². The smallest absolute Gasteiger partial charge is 0.338 e. The number of aromatic amines is 1. The molecule has 10 nitrogen and oxygen atoms in total. The van der Waals surface area contributed by atoms with E-state index in [1.54, 1.807) is 35.4 Å². The Morgan fingerprint density at radius 3 is 2.39 bits per heavy atom. The summed E-state index contributed by atoms with van der Waals surface area (Å²) in [5.41, 5.74) is 8.85. The zero-order valence-corrected chi connectivity index (χ0v) is 26.2. The van der Waals surface area contributed by atoms with Crippen molar-refractivity contribution in [3.8, 4) is 0 Å². The van der Waals surface area contributed by atoms with Gasteiger partial charge in [0, 0.05) is 52.7 Å². The van der Waals surface area contributed by atoms with Gasteiger partial charge in [-0.1, -0.05) is 60.1 Å². The largest absolute Gasteiger partial charge is 0.481 e. The van der Waals surface area contributed by atoms with Gasteiger partial charge in [0.2, 0.25) is 0 Å². The Hall–Kier alpha value is -4.48. The van der Waals surface area contributed by atoms with Crippen molar-refractivity contribution in [3.05, 3.63) is 100 Å². The first kappa shape index (κ1) is 32.4. The number of hydrogen-bond acceptors (Lipinski definition) is 7. The number of carboxylic acid groups (broad SMARTS) is 1. The number of nitrogens with zero attached hydrogens (tertiary/aromatic N) is 1. The summed E-state index contributed by atoms with van der Waals surface area (Å²) < 4.78 is 12.2. The maximum atomic E-state index is 13.5. The number of rotatable bonds is 8. The third-order valence-corrected chi connectivity index (χ3v) is 7.69. The molecule has 230 valence electrons. The number of anilines is 1. The molecule has 0 aliphatic carbocycles.